The van der Waals surface area contributed by atoms with E-state index in [-0.39, 0.29) is 0 Å². The number of hydrogen-bond acceptors (Lipinski definition) is 6. The highest BCUT2D eigenvalue weighted by molar-refractivity contribution is 6.28. The van der Waals surface area contributed by atoms with Crippen molar-refractivity contribution >= 4 is 163 Å². The van der Waals surface area contributed by atoms with Gasteiger partial charge in [-0.05, 0) is 197 Å². The Labute approximate surface area is 795 Å². The molecule has 0 bridgehead atoms. The van der Waals surface area contributed by atoms with Crippen LogP contribution in [0.3, 0.4) is 0 Å². The van der Waals surface area contributed by atoms with Crippen molar-refractivity contribution in [3.8, 4) is 112 Å². The molecule has 0 aliphatic heterocycles. The Balaban J connectivity index is 0.000000107. The highest BCUT2D eigenvalue weighted by Gasteiger charge is 2.24. The fourth-order valence-corrected chi connectivity index (χ4v) is 21.7. The van der Waals surface area contributed by atoms with Crippen molar-refractivity contribution in [3.05, 3.63) is 478 Å². The van der Waals surface area contributed by atoms with E-state index < -0.39 is 0 Å². The van der Waals surface area contributed by atoms with Crippen LogP contribution in [0.1, 0.15) is 16.7 Å². The maximum absolute atomic E-state index is 6.84. The van der Waals surface area contributed by atoms with Crippen molar-refractivity contribution < 1.29 is 13.3 Å². The molecule has 6 aromatic heterocycles. The van der Waals surface area contributed by atoms with Crippen LogP contribution in [0.25, 0.3) is 275 Å². The third-order valence-electron chi connectivity index (χ3n) is 28.1. The number of hydrogen-bond donors (Lipinski definition) is 0. The summed E-state index contributed by atoms with van der Waals surface area (Å²) in [6.45, 7) is 6.54. The zero-order valence-corrected chi connectivity index (χ0v) is 75.9. The molecular formula is C132H85N3O3. The maximum atomic E-state index is 6.84. The Hall–Kier alpha value is -18.0. The molecule has 6 heteroatoms. The fraction of sp³-hybridized carbons (Fsp3) is 0.0227. The highest BCUT2D eigenvalue weighted by Crippen LogP contribution is 2.48. The molecule has 28 rings (SSSR count). The van der Waals surface area contributed by atoms with Gasteiger partial charge < -0.3 is 13.3 Å². The van der Waals surface area contributed by atoms with Gasteiger partial charge in [-0.2, -0.15) is 0 Å². The number of pyridine rings is 3. The van der Waals surface area contributed by atoms with Crippen LogP contribution in [0, 0.1) is 20.8 Å². The number of rotatable bonds is 10. The first-order valence-electron chi connectivity index (χ1n) is 47.2. The second kappa shape index (κ2) is 33.3. The van der Waals surface area contributed by atoms with Gasteiger partial charge in [0.1, 0.15) is 33.5 Å². The molecule has 0 saturated heterocycles. The summed E-state index contributed by atoms with van der Waals surface area (Å²) in [6.07, 6.45) is 0. The molecule has 0 atom stereocenters. The summed E-state index contributed by atoms with van der Waals surface area (Å²) >= 11 is 0. The monoisotopic (exact) mass is 1760 g/mol. The lowest BCUT2D eigenvalue weighted by Crippen LogP contribution is -1.90. The number of aromatic nitrogens is 3. The van der Waals surface area contributed by atoms with E-state index in [0.717, 1.165) is 172 Å². The summed E-state index contributed by atoms with van der Waals surface area (Å²) in [7, 11) is 0. The average Bonchev–Trinajstić information content (AvgIpc) is 1.13. The van der Waals surface area contributed by atoms with Crippen LogP contribution < -0.4 is 0 Å². The predicted molar refractivity (Wildman–Crippen MR) is 581 cm³/mol. The topological polar surface area (TPSA) is 78.1 Å². The molecule has 0 aliphatic rings. The van der Waals surface area contributed by atoms with Gasteiger partial charge >= 0.3 is 0 Å². The number of nitrogens with zero attached hydrogens (tertiary/aromatic N) is 3. The van der Waals surface area contributed by atoms with Crippen molar-refractivity contribution in [1.82, 2.24) is 15.0 Å². The standard InChI is InChI=1S/C47H29NO.C44H31NO.C41H25NO/c1-3-11-30(12-4-1)34-23-26-45-42(27-34)43-29-35(31-13-5-2-6-14-31)28-41(47(43)49-45)32-19-21-33(22-20-32)44-25-24-40-38-17-8-7-15-36(38)37-16-9-10-18-39(37)46(40)48-44;1-26-23-27(2)41(28(3)24-26)39-20-10-19-38-37-18-9-17-31(43(37)46-44(38)39)29-11-8-12-30(25-29)40-22-21-36-34-15-5-4-13-32(34)33-14-6-7-16-35(33)42(36)45-40;1-2-10-26(11-3-1)29-16-8-18-36-37-19-9-17-30(41(37)43-40(29)36)27-20-22-28(23-21-27)38-25-24-35-33-14-5-4-12-31(33)32-13-6-7-15-34(32)39(35)42-38/h1-29H;4-25H,1-3H3;1-25H. The molecule has 22 aromatic carbocycles. The molecule has 0 spiro atoms. The fourth-order valence-electron chi connectivity index (χ4n) is 21.7. The summed E-state index contributed by atoms with van der Waals surface area (Å²) in [5.41, 5.74) is 34.4. The van der Waals surface area contributed by atoms with Gasteiger partial charge in [-0.15, -0.1) is 0 Å². The van der Waals surface area contributed by atoms with Crippen LogP contribution in [-0.2, 0) is 0 Å². The molecule has 138 heavy (non-hydrogen) atoms. The van der Waals surface area contributed by atoms with Crippen molar-refractivity contribution in [2.45, 2.75) is 20.8 Å². The molecule has 28 aromatic rings. The molecule has 646 valence electrons. The summed E-state index contributed by atoms with van der Waals surface area (Å²) in [6, 6.07) is 164. The number of benzene rings is 22. The molecular weight excluding hydrogens is 1680 g/mol. The largest absolute Gasteiger partial charge is 0.455 e. The second-order valence-electron chi connectivity index (χ2n) is 36.3. The number of furan rings is 3. The molecule has 0 radical (unpaired) electrons. The van der Waals surface area contributed by atoms with Crippen molar-refractivity contribution in [2.24, 2.45) is 0 Å². The lowest BCUT2D eigenvalue weighted by Gasteiger charge is -2.12. The molecule has 0 saturated carbocycles. The number of fused-ring (bicyclic) bond motifs is 27. The maximum Gasteiger partial charge on any atom is 0.143 e. The van der Waals surface area contributed by atoms with Gasteiger partial charge in [-0.3, -0.25) is 0 Å². The lowest BCUT2D eigenvalue weighted by molar-refractivity contribution is 0.670. The Morgan fingerprint density at radius 2 is 0.435 bits per heavy atom. The van der Waals surface area contributed by atoms with Gasteiger partial charge in [0.05, 0.1) is 33.6 Å². The SMILES string of the molecule is Cc1cc(C)c(-c2cccc3c2oc2c(-c4cccc(-c5ccc6c7ccccc7c7ccccc7c6n5)c4)cccc23)c(C)c1.c1ccc(-c2ccc3oc4c(-c5ccc(-c6ccc7c8ccccc8c8ccccc8c7n6)cc5)cc(-c5ccccc5)cc4c3c2)cc1.c1ccc(-c2cccc3c2oc2c(-c4ccc(-c5ccc6c7ccccc7c7ccccc7c6n5)cc4)cccc23)cc1. The molecule has 0 aliphatic carbocycles. The van der Waals surface area contributed by atoms with Crippen LogP contribution in [-0.4, -0.2) is 15.0 Å². The van der Waals surface area contributed by atoms with Crippen molar-refractivity contribution in [3.63, 3.8) is 0 Å². The smallest absolute Gasteiger partial charge is 0.143 e. The Bertz CT molecular complexity index is 9670. The molecule has 0 fully saturated rings. The zero-order chi connectivity index (χ0) is 91.6. The third-order valence-corrected chi connectivity index (χ3v) is 28.1. The van der Waals surface area contributed by atoms with Gasteiger partial charge in [0, 0.05) is 109 Å². The zero-order valence-electron chi connectivity index (χ0n) is 75.9. The van der Waals surface area contributed by atoms with Crippen LogP contribution in [0.4, 0.5) is 0 Å². The molecule has 6 heterocycles. The second-order valence-corrected chi connectivity index (χ2v) is 36.3. The molecule has 6 nitrogen and oxygen atoms in total. The van der Waals surface area contributed by atoms with E-state index >= 15 is 0 Å². The minimum absolute atomic E-state index is 0.887. The van der Waals surface area contributed by atoms with Gasteiger partial charge in [0.15, 0.2) is 0 Å². The van der Waals surface area contributed by atoms with E-state index in [9.17, 15) is 0 Å². The Kier molecular flexibility index (Phi) is 19.5. The van der Waals surface area contributed by atoms with Gasteiger partial charge in [0.2, 0.25) is 0 Å². The first kappa shape index (κ1) is 80.9. The molecule has 0 unspecified atom stereocenters. The van der Waals surface area contributed by atoms with E-state index in [1.54, 1.807) is 0 Å². The van der Waals surface area contributed by atoms with Crippen LogP contribution in [0.5, 0.6) is 0 Å². The van der Waals surface area contributed by atoms with Crippen molar-refractivity contribution in [2.75, 3.05) is 0 Å². The minimum Gasteiger partial charge on any atom is -0.455 e. The first-order valence-corrected chi connectivity index (χ1v) is 47.2. The van der Waals surface area contributed by atoms with Gasteiger partial charge in [-0.25, -0.2) is 15.0 Å². The van der Waals surface area contributed by atoms with E-state index in [2.05, 4.69) is 476 Å². The van der Waals surface area contributed by atoms with Crippen LogP contribution in [0.15, 0.2) is 474 Å². The normalized spacial score (nSPS) is 11.7. The van der Waals surface area contributed by atoms with Crippen molar-refractivity contribution in [1.29, 1.82) is 0 Å². The quantitative estimate of drug-likeness (QED) is 0.127. The summed E-state index contributed by atoms with van der Waals surface area (Å²) in [5, 5.41) is 25.0. The van der Waals surface area contributed by atoms with E-state index in [0.29, 0.717) is 0 Å². The predicted octanol–water partition coefficient (Wildman–Crippen LogP) is 36.9. The van der Waals surface area contributed by atoms with E-state index in [4.69, 9.17) is 28.2 Å². The van der Waals surface area contributed by atoms with Gasteiger partial charge in [0.25, 0.3) is 0 Å². The summed E-state index contributed by atoms with van der Waals surface area (Å²) < 4.78 is 20.1. The van der Waals surface area contributed by atoms with Crippen LogP contribution >= 0.6 is 0 Å². The number of aryl methyl sites for hydroxylation is 3. The van der Waals surface area contributed by atoms with E-state index in [1.165, 1.54) is 120 Å². The summed E-state index contributed by atoms with van der Waals surface area (Å²) in [5.74, 6) is 0. The number of para-hydroxylation sites is 4. The lowest BCUT2D eigenvalue weighted by atomic mass is 9.92. The summed E-state index contributed by atoms with van der Waals surface area (Å²) in [4.78, 5) is 15.8. The first-order chi connectivity index (χ1) is 68.2. The molecule has 0 amide bonds. The van der Waals surface area contributed by atoms with Crippen LogP contribution in [0.2, 0.25) is 0 Å². The minimum atomic E-state index is 0.887. The van der Waals surface area contributed by atoms with Gasteiger partial charge in [-0.1, -0.05) is 400 Å². The Morgan fingerprint density at radius 1 is 0.152 bits per heavy atom. The highest BCUT2D eigenvalue weighted by atomic mass is 16.3. The van der Waals surface area contributed by atoms with E-state index in [1.807, 2.05) is 6.07 Å². The molecule has 0 N–H and O–H groups in total. The third kappa shape index (κ3) is 13.8. The average molecular weight is 1760 g/mol. The Morgan fingerprint density at radius 3 is 0.862 bits per heavy atom.